The second-order valence-corrected chi connectivity index (χ2v) is 6.03. The number of piperidine rings is 1. The van der Waals surface area contributed by atoms with Gasteiger partial charge in [0.15, 0.2) is 0 Å². The van der Waals surface area contributed by atoms with Gasteiger partial charge in [-0.05, 0) is 61.9 Å². The number of benzene rings is 1. The first-order chi connectivity index (χ1) is 8.22. The van der Waals surface area contributed by atoms with E-state index >= 15 is 0 Å². The molecular formula is C15H22BrN. The molecule has 1 aliphatic rings. The first-order valence-corrected chi connectivity index (χ1v) is 7.48. The van der Waals surface area contributed by atoms with Crippen LogP contribution in [0.1, 0.15) is 43.2 Å². The van der Waals surface area contributed by atoms with Crippen LogP contribution < -0.4 is 5.32 Å². The highest BCUT2D eigenvalue weighted by atomic mass is 79.9. The summed E-state index contributed by atoms with van der Waals surface area (Å²) >= 11 is 3.74. The van der Waals surface area contributed by atoms with Crippen molar-refractivity contribution in [3.05, 3.63) is 33.8 Å². The Hall–Kier alpha value is -0.340. The molecule has 1 aromatic rings. The van der Waals surface area contributed by atoms with Crippen molar-refractivity contribution in [2.24, 2.45) is 5.92 Å². The maximum atomic E-state index is 3.74. The molecule has 2 heteroatoms. The lowest BCUT2D eigenvalue weighted by molar-refractivity contribution is 0.306. The minimum atomic E-state index is 0.728. The quantitative estimate of drug-likeness (QED) is 0.879. The molecule has 1 aromatic carbocycles. The number of aryl methyl sites for hydroxylation is 1. The first-order valence-electron chi connectivity index (χ1n) is 6.69. The number of nitrogens with one attached hydrogen (secondary N) is 1. The number of hydrogen-bond donors (Lipinski definition) is 1. The molecule has 17 heavy (non-hydrogen) atoms. The Kier molecular flexibility index (Phi) is 4.63. The third kappa shape index (κ3) is 3.11. The Morgan fingerprint density at radius 3 is 2.94 bits per heavy atom. The largest absolute Gasteiger partial charge is 0.316 e. The Morgan fingerprint density at radius 1 is 1.41 bits per heavy atom. The van der Waals surface area contributed by atoms with Crippen LogP contribution in [0.5, 0.6) is 0 Å². The van der Waals surface area contributed by atoms with Crippen LogP contribution in [0.4, 0.5) is 0 Å². The van der Waals surface area contributed by atoms with E-state index in [1.54, 1.807) is 0 Å². The molecule has 0 amide bonds. The van der Waals surface area contributed by atoms with Crippen molar-refractivity contribution in [2.45, 2.75) is 39.0 Å². The summed E-state index contributed by atoms with van der Waals surface area (Å²) in [7, 11) is 0. The molecule has 0 aliphatic carbocycles. The van der Waals surface area contributed by atoms with Crippen molar-refractivity contribution in [2.75, 3.05) is 13.1 Å². The van der Waals surface area contributed by atoms with E-state index in [-0.39, 0.29) is 0 Å². The third-order valence-electron chi connectivity index (χ3n) is 3.82. The predicted molar refractivity (Wildman–Crippen MR) is 77.5 cm³/mol. The monoisotopic (exact) mass is 295 g/mol. The minimum Gasteiger partial charge on any atom is -0.316 e. The fourth-order valence-corrected chi connectivity index (χ4v) is 3.73. The summed E-state index contributed by atoms with van der Waals surface area (Å²) in [5.41, 5.74) is 2.84. The second-order valence-electron chi connectivity index (χ2n) is 5.17. The van der Waals surface area contributed by atoms with E-state index in [9.17, 15) is 0 Å². The van der Waals surface area contributed by atoms with Gasteiger partial charge < -0.3 is 5.32 Å². The van der Waals surface area contributed by atoms with Gasteiger partial charge in [-0.3, -0.25) is 0 Å². The highest BCUT2D eigenvalue weighted by Gasteiger charge is 2.26. The van der Waals surface area contributed by atoms with Gasteiger partial charge in [-0.15, -0.1) is 0 Å². The van der Waals surface area contributed by atoms with Gasteiger partial charge in [0.25, 0.3) is 0 Å². The van der Waals surface area contributed by atoms with Crippen LogP contribution in [-0.2, 0) is 0 Å². The molecule has 2 rings (SSSR count). The Labute approximate surface area is 113 Å². The Balaban J connectivity index is 2.23. The fourth-order valence-electron chi connectivity index (χ4n) is 2.94. The summed E-state index contributed by atoms with van der Waals surface area (Å²) in [6, 6.07) is 6.81. The van der Waals surface area contributed by atoms with Gasteiger partial charge in [0.05, 0.1) is 0 Å². The normalized spacial score (nSPS) is 24.9. The van der Waals surface area contributed by atoms with Crippen LogP contribution >= 0.6 is 15.9 Å². The van der Waals surface area contributed by atoms with Crippen LogP contribution in [0.25, 0.3) is 0 Å². The van der Waals surface area contributed by atoms with Crippen molar-refractivity contribution < 1.29 is 0 Å². The summed E-state index contributed by atoms with van der Waals surface area (Å²) in [5.74, 6) is 1.53. The molecule has 1 saturated heterocycles. The van der Waals surface area contributed by atoms with E-state index in [2.05, 4.69) is 53.3 Å². The number of hydrogen-bond acceptors (Lipinski definition) is 1. The molecule has 94 valence electrons. The van der Waals surface area contributed by atoms with Crippen LogP contribution in [0.2, 0.25) is 0 Å². The zero-order valence-corrected chi connectivity index (χ0v) is 12.4. The molecule has 1 fully saturated rings. The molecule has 1 heterocycles. The number of halogens is 1. The van der Waals surface area contributed by atoms with E-state index in [0.29, 0.717) is 0 Å². The van der Waals surface area contributed by atoms with Crippen molar-refractivity contribution in [1.82, 2.24) is 5.32 Å². The topological polar surface area (TPSA) is 12.0 Å². The second kappa shape index (κ2) is 6.01. The van der Waals surface area contributed by atoms with Crippen LogP contribution in [0.3, 0.4) is 0 Å². The van der Waals surface area contributed by atoms with Gasteiger partial charge in [-0.1, -0.05) is 41.4 Å². The lowest BCUT2D eigenvalue weighted by Crippen LogP contribution is -2.35. The molecule has 2 atom stereocenters. The van der Waals surface area contributed by atoms with Gasteiger partial charge in [0.2, 0.25) is 0 Å². The standard InChI is InChI=1S/C15H22BrN/c1-3-4-12-10-17-8-7-13(12)14-6-5-11(2)9-15(14)16/h5-6,9,12-13,17H,3-4,7-8,10H2,1-2H3. The molecule has 0 radical (unpaired) electrons. The van der Waals surface area contributed by atoms with Crippen molar-refractivity contribution in [3.8, 4) is 0 Å². The van der Waals surface area contributed by atoms with Gasteiger partial charge in [0, 0.05) is 4.47 Å². The smallest absolute Gasteiger partial charge is 0.0212 e. The Morgan fingerprint density at radius 2 is 2.24 bits per heavy atom. The summed E-state index contributed by atoms with van der Waals surface area (Å²) in [5, 5.41) is 3.53. The lowest BCUT2D eigenvalue weighted by Gasteiger charge is -2.33. The molecule has 0 aromatic heterocycles. The molecular weight excluding hydrogens is 274 g/mol. The molecule has 0 spiro atoms. The van der Waals surface area contributed by atoms with E-state index in [1.165, 1.54) is 41.4 Å². The van der Waals surface area contributed by atoms with Crippen LogP contribution in [0, 0.1) is 12.8 Å². The lowest BCUT2D eigenvalue weighted by atomic mass is 9.79. The summed E-state index contributed by atoms with van der Waals surface area (Å²) in [4.78, 5) is 0. The van der Waals surface area contributed by atoms with Crippen LogP contribution in [0.15, 0.2) is 22.7 Å². The third-order valence-corrected chi connectivity index (χ3v) is 4.51. The molecule has 2 unspecified atom stereocenters. The zero-order valence-electron chi connectivity index (χ0n) is 10.8. The average molecular weight is 296 g/mol. The molecule has 1 aliphatic heterocycles. The predicted octanol–water partition coefficient (Wildman–Crippen LogP) is 4.25. The molecule has 1 nitrogen and oxygen atoms in total. The first kappa shape index (κ1) is 13.1. The average Bonchev–Trinajstić information content (AvgIpc) is 2.31. The Bertz CT molecular complexity index is 373. The molecule has 0 bridgehead atoms. The van der Waals surface area contributed by atoms with Crippen molar-refractivity contribution in [1.29, 1.82) is 0 Å². The van der Waals surface area contributed by atoms with Gasteiger partial charge in [-0.25, -0.2) is 0 Å². The van der Waals surface area contributed by atoms with E-state index in [1.807, 2.05) is 0 Å². The van der Waals surface area contributed by atoms with Gasteiger partial charge >= 0.3 is 0 Å². The minimum absolute atomic E-state index is 0.728. The van der Waals surface area contributed by atoms with E-state index < -0.39 is 0 Å². The van der Waals surface area contributed by atoms with Crippen LogP contribution in [-0.4, -0.2) is 13.1 Å². The molecule has 1 N–H and O–H groups in total. The van der Waals surface area contributed by atoms with Crippen molar-refractivity contribution in [3.63, 3.8) is 0 Å². The summed E-state index contributed by atoms with van der Waals surface area (Å²) in [6.07, 6.45) is 3.89. The summed E-state index contributed by atoms with van der Waals surface area (Å²) in [6.45, 7) is 6.78. The summed E-state index contributed by atoms with van der Waals surface area (Å²) < 4.78 is 1.30. The SMILES string of the molecule is CCCC1CNCCC1c1ccc(C)cc1Br. The van der Waals surface area contributed by atoms with Crippen molar-refractivity contribution >= 4 is 15.9 Å². The van der Waals surface area contributed by atoms with Gasteiger partial charge in [-0.2, -0.15) is 0 Å². The van der Waals surface area contributed by atoms with E-state index in [4.69, 9.17) is 0 Å². The van der Waals surface area contributed by atoms with E-state index in [0.717, 1.165) is 18.4 Å². The van der Waals surface area contributed by atoms with Gasteiger partial charge in [0.1, 0.15) is 0 Å². The molecule has 0 saturated carbocycles. The maximum absolute atomic E-state index is 3.74. The maximum Gasteiger partial charge on any atom is 0.0212 e. The highest BCUT2D eigenvalue weighted by molar-refractivity contribution is 9.10. The zero-order chi connectivity index (χ0) is 12.3. The number of rotatable bonds is 3. The fraction of sp³-hybridized carbons (Fsp3) is 0.600. The highest BCUT2D eigenvalue weighted by Crippen LogP contribution is 2.37.